The molecule has 1 aliphatic rings. The molecule has 3 aromatic heterocycles. The number of nitrogens with one attached hydrogen (secondary N) is 4. The van der Waals surface area contributed by atoms with Gasteiger partial charge in [-0.1, -0.05) is 17.4 Å². The maximum absolute atomic E-state index is 13.0. The molecule has 1 aromatic carbocycles. The molecule has 1 fully saturated rings. The molecule has 37 heavy (non-hydrogen) atoms. The highest BCUT2D eigenvalue weighted by Gasteiger charge is 2.18. The molecule has 0 aliphatic carbocycles. The molecular weight excluding hydrogens is 496 g/mol. The topological polar surface area (TPSA) is 146 Å². The molecule has 0 unspecified atom stereocenters. The summed E-state index contributed by atoms with van der Waals surface area (Å²) in [5.74, 6) is 0.430. The summed E-state index contributed by atoms with van der Waals surface area (Å²) in [4.78, 5) is 37.3. The van der Waals surface area contributed by atoms with Gasteiger partial charge in [-0.15, -0.1) is 0 Å². The Morgan fingerprint density at radius 2 is 2.05 bits per heavy atom. The standard InChI is InChI=1S/C24H26N8O4S/c1-35-16-4-2-3-15(11-16)28-23(34)30-24-26-14-20(37-24)19-12-17(18-13-27-31-21(18)29-19)22(33)25-5-6-32-7-9-36-10-8-32/h2-4,11-14H,5-10H2,1H3,(H,25,33)(H,27,29,31)(H2,26,28,30,34). The summed E-state index contributed by atoms with van der Waals surface area (Å²) in [6.07, 6.45) is 3.20. The number of hydrogen-bond acceptors (Lipinski definition) is 9. The molecule has 192 valence electrons. The maximum Gasteiger partial charge on any atom is 0.325 e. The second-order valence-corrected chi connectivity index (χ2v) is 9.27. The van der Waals surface area contributed by atoms with Gasteiger partial charge in [-0.05, 0) is 18.2 Å². The predicted octanol–water partition coefficient (Wildman–Crippen LogP) is 2.80. The normalized spacial score (nSPS) is 13.9. The fourth-order valence-corrected chi connectivity index (χ4v) is 4.67. The molecule has 3 amide bonds. The molecule has 4 N–H and O–H groups in total. The number of urea groups is 1. The lowest BCUT2D eigenvalue weighted by Gasteiger charge is -2.26. The van der Waals surface area contributed by atoms with Gasteiger partial charge in [0.15, 0.2) is 10.8 Å². The van der Waals surface area contributed by atoms with Crippen LogP contribution in [0, 0.1) is 0 Å². The van der Waals surface area contributed by atoms with Gasteiger partial charge in [0.2, 0.25) is 0 Å². The highest BCUT2D eigenvalue weighted by Crippen LogP contribution is 2.30. The molecule has 1 saturated heterocycles. The first-order chi connectivity index (χ1) is 18.1. The number of hydrogen-bond donors (Lipinski definition) is 4. The van der Waals surface area contributed by atoms with Crippen LogP contribution in [0.3, 0.4) is 0 Å². The number of H-pyrrole nitrogens is 1. The van der Waals surface area contributed by atoms with Crippen LogP contribution in [-0.4, -0.2) is 83.5 Å². The summed E-state index contributed by atoms with van der Waals surface area (Å²) < 4.78 is 10.5. The number of rotatable bonds is 8. The molecule has 0 bridgehead atoms. The Morgan fingerprint density at radius 3 is 2.89 bits per heavy atom. The van der Waals surface area contributed by atoms with E-state index in [2.05, 4.69) is 41.0 Å². The summed E-state index contributed by atoms with van der Waals surface area (Å²) in [5.41, 5.74) is 2.10. The zero-order chi connectivity index (χ0) is 25.6. The van der Waals surface area contributed by atoms with Crippen molar-refractivity contribution >= 4 is 45.1 Å². The Kier molecular flexibility index (Phi) is 7.54. The van der Waals surface area contributed by atoms with Crippen molar-refractivity contribution in [1.82, 2.24) is 30.4 Å². The Bertz CT molecular complexity index is 1400. The van der Waals surface area contributed by atoms with Crippen LogP contribution in [0.5, 0.6) is 5.75 Å². The lowest BCUT2D eigenvalue weighted by molar-refractivity contribution is 0.0383. The van der Waals surface area contributed by atoms with Gasteiger partial charge >= 0.3 is 6.03 Å². The number of fused-ring (bicyclic) bond motifs is 1. The van der Waals surface area contributed by atoms with Crippen molar-refractivity contribution in [2.45, 2.75) is 0 Å². The Hall–Kier alpha value is -4.07. The van der Waals surface area contributed by atoms with E-state index < -0.39 is 6.03 Å². The highest BCUT2D eigenvalue weighted by molar-refractivity contribution is 7.19. The molecule has 1 aliphatic heterocycles. The second-order valence-electron chi connectivity index (χ2n) is 8.24. The first-order valence-corrected chi connectivity index (χ1v) is 12.5. The van der Waals surface area contributed by atoms with Crippen LogP contribution in [-0.2, 0) is 4.74 Å². The maximum atomic E-state index is 13.0. The first kappa shape index (κ1) is 24.6. The van der Waals surface area contributed by atoms with E-state index in [-0.39, 0.29) is 5.91 Å². The minimum Gasteiger partial charge on any atom is -0.497 e. The largest absolute Gasteiger partial charge is 0.497 e. The van der Waals surface area contributed by atoms with E-state index >= 15 is 0 Å². The number of morpholine rings is 1. The third kappa shape index (κ3) is 6.02. The minimum absolute atomic E-state index is 0.205. The number of pyridine rings is 1. The summed E-state index contributed by atoms with van der Waals surface area (Å²) >= 11 is 1.25. The molecule has 0 saturated carbocycles. The molecular formula is C24H26N8O4S. The SMILES string of the molecule is COc1cccc(NC(=O)Nc2ncc(-c3cc(C(=O)NCCN4CCOCC4)c4cn[nH]c4n3)s2)c1. The van der Waals surface area contributed by atoms with E-state index in [0.717, 1.165) is 19.6 Å². The summed E-state index contributed by atoms with van der Waals surface area (Å²) in [7, 11) is 1.56. The summed E-state index contributed by atoms with van der Waals surface area (Å²) in [5, 5.41) is 16.4. The molecule has 0 radical (unpaired) electrons. The monoisotopic (exact) mass is 522 g/mol. The van der Waals surface area contributed by atoms with Crippen molar-refractivity contribution in [3.63, 3.8) is 0 Å². The van der Waals surface area contributed by atoms with E-state index in [0.29, 0.717) is 63.5 Å². The lowest BCUT2D eigenvalue weighted by atomic mass is 10.1. The second kappa shape index (κ2) is 11.3. The molecule has 0 spiro atoms. The van der Waals surface area contributed by atoms with E-state index in [4.69, 9.17) is 9.47 Å². The zero-order valence-corrected chi connectivity index (χ0v) is 20.9. The van der Waals surface area contributed by atoms with Crippen LogP contribution in [0.2, 0.25) is 0 Å². The van der Waals surface area contributed by atoms with Gasteiger partial charge < -0.3 is 20.1 Å². The number of anilines is 2. The average molecular weight is 523 g/mol. The molecule has 13 heteroatoms. The van der Waals surface area contributed by atoms with Gasteiger partial charge in [-0.25, -0.2) is 14.8 Å². The van der Waals surface area contributed by atoms with E-state index in [1.807, 2.05) is 0 Å². The number of nitrogens with zero attached hydrogens (tertiary/aromatic N) is 4. The quantitative estimate of drug-likeness (QED) is 0.276. The number of carbonyl (C=O) groups is 2. The molecule has 5 rings (SSSR count). The molecule has 0 atom stereocenters. The van der Waals surface area contributed by atoms with Crippen LogP contribution in [0.4, 0.5) is 15.6 Å². The van der Waals surface area contributed by atoms with Crippen LogP contribution >= 0.6 is 11.3 Å². The Labute approximate surface area is 216 Å². The number of thiazole rings is 1. The van der Waals surface area contributed by atoms with Gasteiger partial charge in [0, 0.05) is 44.1 Å². The van der Waals surface area contributed by atoms with Crippen LogP contribution in [0.1, 0.15) is 10.4 Å². The number of carbonyl (C=O) groups excluding carboxylic acids is 2. The number of aromatic nitrogens is 4. The summed E-state index contributed by atoms with van der Waals surface area (Å²) in [6, 6.07) is 8.32. The predicted molar refractivity (Wildman–Crippen MR) is 140 cm³/mol. The number of ether oxygens (including phenoxy) is 2. The number of methoxy groups -OCH3 is 1. The molecule has 4 heterocycles. The van der Waals surface area contributed by atoms with E-state index in [1.165, 1.54) is 11.3 Å². The number of benzene rings is 1. The van der Waals surface area contributed by atoms with Crippen LogP contribution < -0.4 is 20.7 Å². The molecule has 12 nitrogen and oxygen atoms in total. The fourth-order valence-electron chi connectivity index (χ4n) is 3.90. The number of amides is 3. The molecule has 4 aromatic rings. The van der Waals surface area contributed by atoms with E-state index in [1.54, 1.807) is 49.8 Å². The third-order valence-electron chi connectivity index (χ3n) is 5.79. The van der Waals surface area contributed by atoms with Gasteiger partial charge in [0.05, 0.1) is 48.0 Å². The summed E-state index contributed by atoms with van der Waals surface area (Å²) in [6.45, 7) is 4.43. The van der Waals surface area contributed by atoms with Crippen molar-refractivity contribution < 1.29 is 19.1 Å². The van der Waals surface area contributed by atoms with Crippen LogP contribution in [0.25, 0.3) is 21.6 Å². The van der Waals surface area contributed by atoms with Crippen molar-refractivity contribution in [3.8, 4) is 16.3 Å². The smallest absolute Gasteiger partial charge is 0.325 e. The van der Waals surface area contributed by atoms with Crippen molar-refractivity contribution in [1.29, 1.82) is 0 Å². The van der Waals surface area contributed by atoms with E-state index in [9.17, 15) is 9.59 Å². The van der Waals surface area contributed by atoms with Gasteiger partial charge in [-0.2, -0.15) is 5.10 Å². The Balaban J connectivity index is 1.27. The fraction of sp³-hybridized carbons (Fsp3) is 0.292. The highest BCUT2D eigenvalue weighted by atomic mass is 32.1. The van der Waals surface area contributed by atoms with Crippen LogP contribution in [0.15, 0.2) is 42.7 Å². The first-order valence-electron chi connectivity index (χ1n) is 11.7. The van der Waals surface area contributed by atoms with Crippen molar-refractivity contribution in [2.24, 2.45) is 0 Å². The zero-order valence-electron chi connectivity index (χ0n) is 20.1. The van der Waals surface area contributed by atoms with Gasteiger partial charge in [0.1, 0.15) is 5.75 Å². The minimum atomic E-state index is -0.438. The van der Waals surface area contributed by atoms with Gasteiger partial charge in [0.25, 0.3) is 5.91 Å². The Morgan fingerprint density at radius 1 is 1.19 bits per heavy atom. The average Bonchev–Trinajstić information content (AvgIpc) is 3.58. The van der Waals surface area contributed by atoms with Gasteiger partial charge in [-0.3, -0.25) is 20.1 Å². The third-order valence-corrected chi connectivity index (χ3v) is 6.73. The lowest BCUT2D eigenvalue weighted by Crippen LogP contribution is -2.41. The van der Waals surface area contributed by atoms with Crippen molar-refractivity contribution in [3.05, 3.63) is 48.3 Å². The number of aromatic amines is 1. The van der Waals surface area contributed by atoms with Crippen molar-refractivity contribution in [2.75, 3.05) is 57.1 Å².